The van der Waals surface area contributed by atoms with Crippen molar-refractivity contribution < 1.29 is 32.8 Å². The van der Waals surface area contributed by atoms with Crippen LogP contribution in [0.4, 0.5) is 0 Å². The fraction of sp³-hybridized carbons (Fsp3) is 0.185. The Bertz CT molecular complexity index is 1600. The summed E-state index contributed by atoms with van der Waals surface area (Å²) in [4.78, 5) is 24.9. The third-order valence-electron chi connectivity index (χ3n) is 6.05. The SMILES string of the molecule is C/C(=C\c1cc(Cl)c(C(=O)N[C@@H](Cc2cccc(S(C)(=O)=O)c2)C(=O)O)c(Cl)c1)P(C)(=O)c1ccc(O)cc1. The first-order chi connectivity index (χ1) is 18.1. The lowest BCUT2D eigenvalue weighted by Crippen LogP contribution is -2.42. The molecule has 2 atom stereocenters. The maximum atomic E-state index is 13.4. The van der Waals surface area contributed by atoms with Gasteiger partial charge < -0.3 is 20.1 Å². The van der Waals surface area contributed by atoms with E-state index in [1.807, 2.05) is 0 Å². The summed E-state index contributed by atoms with van der Waals surface area (Å²) in [7, 11) is -6.48. The monoisotopic (exact) mass is 609 g/mol. The van der Waals surface area contributed by atoms with E-state index in [0.29, 0.717) is 21.7 Å². The van der Waals surface area contributed by atoms with Gasteiger partial charge in [0.1, 0.15) is 18.9 Å². The number of nitrogens with one attached hydrogen (secondary N) is 1. The van der Waals surface area contributed by atoms with Crippen molar-refractivity contribution in [3.05, 3.63) is 92.7 Å². The van der Waals surface area contributed by atoms with Crippen LogP contribution >= 0.6 is 30.3 Å². The molecule has 1 amide bonds. The van der Waals surface area contributed by atoms with Crippen molar-refractivity contribution in [1.29, 1.82) is 0 Å². The summed E-state index contributed by atoms with van der Waals surface area (Å²) < 4.78 is 37.1. The number of sulfone groups is 1. The number of benzene rings is 3. The number of carboxylic acids is 1. The Labute approximate surface area is 236 Å². The summed E-state index contributed by atoms with van der Waals surface area (Å²) in [5.41, 5.74) is 0.742. The fourth-order valence-electron chi connectivity index (χ4n) is 3.77. The molecule has 3 aromatic rings. The van der Waals surface area contributed by atoms with Crippen LogP contribution < -0.4 is 10.6 Å². The first kappa shape index (κ1) is 30.4. The van der Waals surface area contributed by atoms with Gasteiger partial charge in [0.2, 0.25) is 0 Å². The van der Waals surface area contributed by atoms with Crippen molar-refractivity contribution in [2.45, 2.75) is 24.3 Å². The predicted octanol–water partition coefficient (Wildman–Crippen LogP) is 5.21. The molecular weight excluding hydrogens is 584 g/mol. The average Bonchev–Trinajstić information content (AvgIpc) is 2.83. The third kappa shape index (κ3) is 7.51. The lowest BCUT2D eigenvalue weighted by atomic mass is 10.0. The predicted molar refractivity (Wildman–Crippen MR) is 154 cm³/mol. The molecule has 0 bridgehead atoms. The summed E-state index contributed by atoms with van der Waals surface area (Å²) in [6.07, 6.45) is 2.49. The van der Waals surface area contributed by atoms with Crippen LogP contribution in [0.3, 0.4) is 0 Å². The van der Waals surface area contributed by atoms with E-state index >= 15 is 0 Å². The van der Waals surface area contributed by atoms with Gasteiger partial charge in [0.25, 0.3) is 5.91 Å². The molecule has 3 N–H and O–H groups in total. The lowest BCUT2D eigenvalue weighted by molar-refractivity contribution is -0.139. The summed E-state index contributed by atoms with van der Waals surface area (Å²) in [5.74, 6) is -2.10. The molecule has 0 spiro atoms. The minimum Gasteiger partial charge on any atom is -0.508 e. The highest BCUT2D eigenvalue weighted by Crippen LogP contribution is 2.49. The smallest absolute Gasteiger partial charge is 0.326 e. The largest absolute Gasteiger partial charge is 0.508 e. The third-order valence-corrected chi connectivity index (χ3v) is 10.5. The van der Waals surface area contributed by atoms with Crippen molar-refractivity contribution in [2.24, 2.45) is 0 Å². The van der Waals surface area contributed by atoms with Gasteiger partial charge in [0.05, 0.1) is 20.5 Å². The van der Waals surface area contributed by atoms with Crippen LogP contribution in [0.2, 0.25) is 10.0 Å². The topological polar surface area (TPSA) is 138 Å². The molecule has 0 radical (unpaired) electrons. The number of aliphatic carboxylic acids is 1. The number of phenolic OH excluding ortho intramolecular Hbond substituents is 1. The maximum Gasteiger partial charge on any atom is 0.326 e. The number of phenols is 1. The zero-order valence-electron chi connectivity index (χ0n) is 21.2. The number of carboxylic acid groups (broad SMARTS) is 1. The van der Waals surface area contributed by atoms with Crippen molar-refractivity contribution in [2.75, 3.05) is 12.9 Å². The van der Waals surface area contributed by atoms with Gasteiger partial charge in [0, 0.05) is 18.0 Å². The molecule has 39 heavy (non-hydrogen) atoms. The number of rotatable bonds is 9. The number of carbonyl (C=O) groups excluding carboxylic acids is 1. The maximum absolute atomic E-state index is 13.4. The Hall–Kier alpha value is -3.10. The van der Waals surface area contributed by atoms with E-state index in [9.17, 15) is 32.8 Å². The second kappa shape index (κ2) is 12.0. The van der Waals surface area contributed by atoms with Crippen LogP contribution in [0.15, 0.2) is 70.9 Å². The van der Waals surface area contributed by atoms with Crippen molar-refractivity contribution in [3.8, 4) is 5.75 Å². The second-order valence-corrected chi connectivity index (χ2v) is 15.0. The number of hydrogen-bond donors (Lipinski definition) is 3. The number of carbonyl (C=O) groups is 2. The number of aromatic hydroxyl groups is 1. The van der Waals surface area contributed by atoms with Gasteiger partial charge in [-0.3, -0.25) is 4.79 Å². The Morgan fingerprint density at radius 2 is 1.64 bits per heavy atom. The molecule has 0 saturated heterocycles. The summed E-state index contributed by atoms with van der Waals surface area (Å²) in [5, 5.41) is 22.6. The molecular formula is C27H26Cl2NO7PS. The van der Waals surface area contributed by atoms with Crippen molar-refractivity contribution >= 4 is 63.4 Å². The second-order valence-electron chi connectivity index (χ2n) is 9.07. The summed E-state index contributed by atoms with van der Waals surface area (Å²) in [6.45, 7) is 3.28. The zero-order chi connectivity index (χ0) is 29.1. The molecule has 0 aliphatic carbocycles. The van der Waals surface area contributed by atoms with Crippen LogP contribution in [0.5, 0.6) is 5.75 Å². The van der Waals surface area contributed by atoms with E-state index in [1.54, 1.807) is 37.9 Å². The Morgan fingerprint density at radius 3 is 2.18 bits per heavy atom. The zero-order valence-corrected chi connectivity index (χ0v) is 24.4. The number of allylic oxidation sites excluding steroid dienone is 1. The highest BCUT2D eigenvalue weighted by Gasteiger charge is 2.25. The minimum atomic E-state index is -3.50. The van der Waals surface area contributed by atoms with E-state index in [0.717, 1.165) is 6.26 Å². The average molecular weight is 610 g/mol. The number of halogens is 2. The Balaban J connectivity index is 1.85. The standard InChI is InChI=1S/C27H26Cl2NO7PS/c1-16(38(2,35)20-9-7-19(31)8-10-20)11-18-13-22(28)25(23(29)14-18)26(32)30-24(27(33)34)15-17-5-4-6-21(12-17)39(3,36)37/h4-14,24,31H,15H2,1-3H3,(H,30,32)(H,33,34)/b16-11+/t24-,38?/m0/s1. The van der Waals surface area contributed by atoms with Crippen LogP contribution in [-0.2, 0) is 25.6 Å². The normalized spacial score (nSPS) is 14.3. The molecule has 0 aromatic heterocycles. The van der Waals surface area contributed by atoms with Gasteiger partial charge in [-0.05, 0) is 84.6 Å². The highest BCUT2D eigenvalue weighted by molar-refractivity contribution is 7.90. The highest BCUT2D eigenvalue weighted by atomic mass is 35.5. The van der Waals surface area contributed by atoms with Crippen LogP contribution in [0.25, 0.3) is 6.08 Å². The summed E-state index contributed by atoms with van der Waals surface area (Å²) in [6, 6.07) is 13.4. The molecule has 0 fully saturated rings. The first-order valence-corrected chi connectivity index (χ1v) is 16.3. The van der Waals surface area contributed by atoms with Gasteiger partial charge in [-0.25, -0.2) is 13.2 Å². The van der Waals surface area contributed by atoms with E-state index in [1.165, 1.54) is 42.5 Å². The van der Waals surface area contributed by atoms with Gasteiger partial charge in [0.15, 0.2) is 9.84 Å². The van der Waals surface area contributed by atoms with Gasteiger partial charge in [-0.15, -0.1) is 0 Å². The van der Waals surface area contributed by atoms with Gasteiger partial charge >= 0.3 is 5.97 Å². The van der Waals surface area contributed by atoms with Crippen molar-refractivity contribution in [3.63, 3.8) is 0 Å². The van der Waals surface area contributed by atoms with E-state index in [4.69, 9.17) is 23.2 Å². The van der Waals surface area contributed by atoms with Gasteiger partial charge in [-0.2, -0.15) is 0 Å². The molecule has 3 rings (SSSR count). The molecule has 0 heterocycles. The van der Waals surface area contributed by atoms with Crippen LogP contribution in [0, 0.1) is 0 Å². The molecule has 12 heteroatoms. The molecule has 0 aliphatic heterocycles. The Morgan fingerprint density at radius 1 is 1.05 bits per heavy atom. The summed E-state index contributed by atoms with van der Waals surface area (Å²) >= 11 is 12.7. The molecule has 206 valence electrons. The molecule has 0 aliphatic rings. The number of amides is 1. The van der Waals surface area contributed by atoms with Crippen LogP contribution in [-0.4, -0.2) is 49.5 Å². The lowest BCUT2D eigenvalue weighted by Gasteiger charge is -2.17. The fourth-order valence-corrected chi connectivity index (χ4v) is 6.65. The van der Waals surface area contributed by atoms with E-state index in [-0.39, 0.29) is 32.7 Å². The molecule has 0 saturated carbocycles. The van der Waals surface area contributed by atoms with E-state index in [2.05, 4.69) is 5.32 Å². The van der Waals surface area contributed by atoms with Crippen molar-refractivity contribution in [1.82, 2.24) is 5.32 Å². The molecule has 8 nitrogen and oxygen atoms in total. The minimum absolute atomic E-state index is 0.0301. The van der Waals surface area contributed by atoms with Crippen LogP contribution in [0.1, 0.15) is 28.4 Å². The Kier molecular flexibility index (Phi) is 9.34. The van der Waals surface area contributed by atoms with E-state index < -0.39 is 34.9 Å². The first-order valence-electron chi connectivity index (χ1n) is 11.5. The number of hydrogen-bond acceptors (Lipinski definition) is 6. The molecule has 3 aromatic carbocycles. The molecule has 1 unspecified atom stereocenters. The quantitative estimate of drug-likeness (QED) is 0.283. The van der Waals surface area contributed by atoms with Gasteiger partial charge in [-0.1, -0.05) is 35.3 Å².